The number of rotatable bonds is 5. The fourth-order valence-electron chi connectivity index (χ4n) is 5.21. The van der Waals surface area contributed by atoms with Crippen LogP contribution < -0.4 is 5.32 Å². The Kier molecular flexibility index (Phi) is 9.33. The van der Waals surface area contributed by atoms with E-state index in [0.717, 1.165) is 24.1 Å². The van der Waals surface area contributed by atoms with Gasteiger partial charge in [-0.05, 0) is 85.2 Å². The monoisotopic (exact) mass is 619 g/mol. The summed E-state index contributed by atoms with van der Waals surface area (Å²) in [6, 6.07) is 17.5. The summed E-state index contributed by atoms with van der Waals surface area (Å²) in [5, 5.41) is 7.70. The number of alkyl halides is 3. The second-order valence-electron chi connectivity index (χ2n) is 11.1. The highest BCUT2D eigenvalue weighted by molar-refractivity contribution is 8.14. The topological polar surface area (TPSA) is 89.2 Å². The van der Waals surface area contributed by atoms with E-state index in [1.54, 1.807) is 24.3 Å². The van der Waals surface area contributed by atoms with Gasteiger partial charge in [-0.25, -0.2) is 14.5 Å². The van der Waals surface area contributed by atoms with Crippen molar-refractivity contribution in [3.63, 3.8) is 0 Å². The molecule has 0 radical (unpaired) electrons. The molecule has 1 N–H and O–H groups in total. The number of aryl methyl sites for hydroxylation is 1. The summed E-state index contributed by atoms with van der Waals surface area (Å²) in [6.45, 7) is 6.37. The Balaban J connectivity index is 1.24. The molecule has 0 bridgehead atoms. The van der Waals surface area contributed by atoms with Gasteiger partial charge in [-0.2, -0.15) is 18.2 Å². The van der Waals surface area contributed by atoms with Crippen molar-refractivity contribution in [2.45, 2.75) is 58.0 Å². The van der Waals surface area contributed by atoms with Crippen molar-refractivity contribution in [1.29, 1.82) is 0 Å². The van der Waals surface area contributed by atoms with Crippen LogP contribution in [-0.2, 0) is 11.0 Å². The maximum Gasteiger partial charge on any atom is 0.416 e. The van der Waals surface area contributed by atoms with Crippen LogP contribution in [0.5, 0.6) is 0 Å². The second kappa shape index (κ2) is 13.2. The molecule has 0 aliphatic carbocycles. The van der Waals surface area contributed by atoms with Crippen molar-refractivity contribution in [2.75, 3.05) is 11.1 Å². The van der Waals surface area contributed by atoms with E-state index in [1.165, 1.54) is 46.0 Å². The third-order valence-corrected chi connectivity index (χ3v) is 8.53. The fraction of sp³-hybridized carbons (Fsp3) is 0.303. The molecule has 2 amide bonds. The van der Waals surface area contributed by atoms with Gasteiger partial charge in [-0.15, -0.1) is 16.9 Å². The third kappa shape index (κ3) is 7.63. The number of carbonyl (C=O) groups is 2. The van der Waals surface area contributed by atoms with Gasteiger partial charge in [0.05, 0.1) is 22.0 Å². The Morgan fingerprint density at radius 1 is 1.09 bits per heavy atom. The fourth-order valence-corrected chi connectivity index (χ4v) is 6.06. The van der Waals surface area contributed by atoms with Crippen LogP contribution in [0.15, 0.2) is 78.0 Å². The predicted molar refractivity (Wildman–Crippen MR) is 168 cm³/mol. The van der Waals surface area contributed by atoms with Crippen LogP contribution in [0, 0.1) is 6.92 Å². The average molecular weight is 620 g/mol. The molecule has 11 heteroatoms. The zero-order valence-corrected chi connectivity index (χ0v) is 25.4. The first kappa shape index (κ1) is 31.2. The Morgan fingerprint density at radius 3 is 2.59 bits per heavy atom. The van der Waals surface area contributed by atoms with Crippen molar-refractivity contribution in [3.05, 3.63) is 95.3 Å². The van der Waals surface area contributed by atoms with E-state index in [1.807, 2.05) is 0 Å². The number of amides is 2. The minimum absolute atomic E-state index is 0.0761. The van der Waals surface area contributed by atoms with Gasteiger partial charge in [0.25, 0.3) is 0 Å². The number of carbonyl (C=O) groups excluding carboxylic acids is 2. The molecule has 0 spiro atoms. The lowest BCUT2D eigenvalue weighted by molar-refractivity contribution is -0.137. The van der Waals surface area contributed by atoms with Crippen molar-refractivity contribution < 1.29 is 22.8 Å². The summed E-state index contributed by atoms with van der Waals surface area (Å²) in [5.41, 5.74) is 4.21. The lowest BCUT2D eigenvalue weighted by Crippen LogP contribution is -2.18. The van der Waals surface area contributed by atoms with Crippen LogP contribution in [0.1, 0.15) is 67.2 Å². The van der Waals surface area contributed by atoms with E-state index in [-0.39, 0.29) is 23.1 Å². The minimum atomic E-state index is -4.46. The molecule has 1 fully saturated rings. The number of hydrogen-bond donors (Lipinski definition) is 1. The molecule has 1 aliphatic rings. The summed E-state index contributed by atoms with van der Waals surface area (Å²) in [4.78, 5) is 34.1. The van der Waals surface area contributed by atoms with Crippen LogP contribution in [0.2, 0.25) is 0 Å². The molecule has 44 heavy (non-hydrogen) atoms. The third-order valence-electron chi connectivity index (χ3n) is 7.44. The van der Waals surface area contributed by atoms with Gasteiger partial charge in [-0.1, -0.05) is 43.7 Å². The number of halogens is 3. The van der Waals surface area contributed by atoms with E-state index < -0.39 is 17.8 Å². The van der Waals surface area contributed by atoms with Crippen molar-refractivity contribution in [2.24, 2.45) is 4.99 Å². The molecular weight excluding hydrogens is 587 g/mol. The highest BCUT2D eigenvalue weighted by atomic mass is 32.2. The number of aliphatic imine (C=N–C) groups is 1. The van der Waals surface area contributed by atoms with Crippen molar-refractivity contribution in [1.82, 2.24) is 14.8 Å². The number of nitrogens with one attached hydrogen (secondary N) is 1. The molecule has 228 valence electrons. The first-order valence-electron chi connectivity index (χ1n) is 14.3. The molecule has 0 saturated carbocycles. The number of hydrogen-bond acceptors (Lipinski definition) is 5. The SMILES string of the molecule is Cc1ccc(C(C)C)c(C2CC/C(=N/C(=O)Nc3ccc(-c4ncn(-c5cccc(C(F)(F)F)c5)n4)cc3)SCC(=O)C2)c1. The maximum atomic E-state index is 13.1. The Hall–Kier alpha value is -4.25. The standard InChI is InChI=1S/C33H32F3N5O2S/c1-20(2)28-13-7-21(3)15-29(28)23-10-14-30(44-18-27(42)16-23)39-32(43)38-25-11-8-22(9-12-25)31-37-19-41(40-31)26-6-4-5-24(17-26)33(34,35)36/h4-9,11-13,15,17,19-20,23H,10,14,16,18H2,1-3H3,(H,38,43)/b39-30-. The zero-order valence-electron chi connectivity index (χ0n) is 24.6. The first-order valence-corrected chi connectivity index (χ1v) is 15.3. The largest absolute Gasteiger partial charge is 0.416 e. The highest BCUT2D eigenvalue weighted by Crippen LogP contribution is 2.35. The van der Waals surface area contributed by atoms with Crippen LogP contribution in [0.25, 0.3) is 17.1 Å². The molecule has 4 aromatic rings. The van der Waals surface area contributed by atoms with Gasteiger partial charge in [0.2, 0.25) is 0 Å². The van der Waals surface area contributed by atoms with Gasteiger partial charge in [0.1, 0.15) is 12.1 Å². The number of nitrogens with zero attached hydrogens (tertiary/aromatic N) is 4. The Bertz CT molecular complexity index is 1700. The van der Waals surface area contributed by atoms with Gasteiger partial charge >= 0.3 is 12.2 Å². The molecule has 1 aliphatic heterocycles. The first-order chi connectivity index (χ1) is 21.0. The van der Waals surface area contributed by atoms with Crippen LogP contribution in [0.3, 0.4) is 0 Å². The van der Waals surface area contributed by atoms with Crippen LogP contribution in [0.4, 0.5) is 23.7 Å². The van der Waals surface area contributed by atoms with Crippen molar-refractivity contribution >= 4 is 34.3 Å². The van der Waals surface area contributed by atoms with Gasteiger partial charge < -0.3 is 5.32 Å². The number of thioether (sulfide) groups is 1. The quantitative estimate of drug-likeness (QED) is 0.242. The minimum Gasteiger partial charge on any atom is -0.306 e. The maximum absolute atomic E-state index is 13.1. The number of ketones is 1. The smallest absolute Gasteiger partial charge is 0.306 e. The number of urea groups is 1. The van der Waals surface area contributed by atoms with E-state index in [0.29, 0.717) is 40.9 Å². The van der Waals surface area contributed by atoms with Crippen LogP contribution >= 0.6 is 11.8 Å². The van der Waals surface area contributed by atoms with Gasteiger partial charge in [-0.3, -0.25) is 4.79 Å². The predicted octanol–water partition coefficient (Wildman–Crippen LogP) is 8.59. The molecule has 1 unspecified atom stereocenters. The van der Waals surface area contributed by atoms with Crippen LogP contribution in [-0.4, -0.2) is 37.4 Å². The molecular formula is C33H32F3N5O2S. The lowest BCUT2D eigenvalue weighted by Gasteiger charge is -2.24. The number of anilines is 1. The van der Waals surface area contributed by atoms with Crippen molar-refractivity contribution in [3.8, 4) is 17.1 Å². The number of benzene rings is 3. The zero-order chi connectivity index (χ0) is 31.4. The van der Waals surface area contributed by atoms with Gasteiger partial charge in [0, 0.05) is 17.7 Å². The summed E-state index contributed by atoms with van der Waals surface area (Å²) in [5.74, 6) is 1.16. The van der Waals surface area contributed by atoms with E-state index in [9.17, 15) is 22.8 Å². The van der Waals surface area contributed by atoms with E-state index >= 15 is 0 Å². The molecule has 3 aromatic carbocycles. The molecule has 1 atom stereocenters. The highest BCUT2D eigenvalue weighted by Gasteiger charge is 2.30. The normalized spacial score (nSPS) is 17.0. The Labute approximate surface area is 258 Å². The average Bonchev–Trinajstić information content (AvgIpc) is 3.47. The number of Topliss-reactive ketones (excluding diaryl/α,β-unsaturated/α-hetero) is 1. The second-order valence-corrected chi connectivity index (χ2v) is 12.2. The number of aromatic nitrogens is 3. The summed E-state index contributed by atoms with van der Waals surface area (Å²) in [7, 11) is 0. The summed E-state index contributed by atoms with van der Waals surface area (Å²) < 4.78 is 40.6. The van der Waals surface area contributed by atoms with Gasteiger partial charge in [0.15, 0.2) is 5.82 Å². The van der Waals surface area contributed by atoms with E-state index in [4.69, 9.17) is 0 Å². The summed E-state index contributed by atoms with van der Waals surface area (Å²) >= 11 is 1.32. The molecule has 1 aromatic heterocycles. The lowest BCUT2D eigenvalue weighted by atomic mass is 9.83. The molecule has 7 nitrogen and oxygen atoms in total. The molecule has 5 rings (SSSR count). The summed E-state index contributed by atoms with van der Waals surface area (Å²) in [6.07, 6.45) is -1.31. The Morgan fingerprint density at radius 2 is 1.86 bits per heavy atom. The molecule has 1 saturated heterocycles. The molecule has 2 heterocycles. The van der Waals surface area contributed by atoms with E-state index in [2.05, 4.69) is 59.4 Å².